The number of carbonyl (C=O) groups is 1. The number of halogens is 3. The second-order valence-corrected chi connectivity index (χ2v) is 5.18. The Balaban J connectivity index is 2.43. The van der Waals surface area contributed by atoms with Gasteiger partial charge in [-0.2, -0.15) is 13.2 Å². The van der Waals surface area contributed by atoms with E-state index in [-0.39, 0.29) is 11.7 Å². The van der Waals surface area contributed by atoms with Gasteiger partial charge >= 0.3 is 6.18 Å². The molecule has 1 nitrogen and oxygen atoms in total. The van der Waals surface area contributed by atoms with E-state index >= 15 is 0 Å². The minimum absolute atomic E-state index is 0.0242. The number of rotatable bonds is 3. The van der Waals surface area contributed by atoms with Crippen molar-refractivity contribution >= 4 is 5.78 Å². The SMILES string of the molecule is CC(C)C(=O)c1cccc(-c2cccc(C(F)(F)F)c2)c1. The molecule has 2 rings (SSSR count). The number of benzene rings is 2. The Hall–Kier alpha value is -2.10. The lowest BCUT2D eigenvalue weighted by Crippen LogP contribution is -2.07. The Morgan fingerprint density at radius 2 is 1.52 bits per heavy atom. The molecule has 4 heteroatoms. The number of hydrogen-bond acceptors (Lipinski definition) is 1. The molecule has 0 amide bonds. The average Bonchev–Trinajstić information content (AvgIpc) is 2.46. The molecule has 0 N–H and O–H groups in total. The molecule has 21 heavy (non-hydrogen) atoms. The van der Waals surface area contributed by atoms with Crippen LogP contribution in [0, 0.1) is 5.92 Å². The third-order valence-electron chi connectivity index (χ3n) is 3.19. The van der Waals surface area contributed by atoms with Gasteiger partial charge in [-0.3, -0.25) is 4.79 Å². The van der Waals surface area contributed by atoms with Crippen molar-refractivity contribution in [3.8, 4) is 11.1 Å². The molecule has 0 atom stereocenters. The number of ketones is 1. The molecule has 0 heterocycles. The molecule has 0 aromatic heterocycles. The molecule has 0 aliphatic heterocycles. The molecule has 2 aromatic carbocycles. The monoisotopic (exact) mass is 292 g/mol. The fourth-order valence-electron chi connectivity index (χ4n) is 2.06. The third kappa shape index (κ3) is 3.51. The second kappa shape index (κ2) is 5.72. The van der Waals surface area contributed by atoms with E-state index in [0.717, 1.165) is 12.1 Å². The van der Waals surface area contributed by atoms with Crippen LogP contribution in [0.2, 0.25) is 0 Å². The Morgan fingerprint density at radius 3 is 2.10 bits per heavy atom. The van der Waals surface area contributed by atoms with Gasteiger partial charge in [0.25, 0.3) is 0 Å². The van der Waals surface area contributed by atoms with Crippen LogP contribution in [-0.4, -0.2) is 5.78 Å². The maximum atomic E-state index is 12.7. The standard InChI is InChI=1S/C17H15F3O/c1-11(2)16(21)14-7-3-5-12(9-14)13-6-4-8-15(10-13)17(18,19)20/h3-11H,1-2H3. The largest absolute Gasteiger partial charge is 0.416 e. The summed E-state index contributed by atoms with van der Waals surface area (Å²) in [7, 11) is 0. The predicted octanol–water partition coefficient (Wildman–Crippen LogP) is 5.21. The van der Waals surface area contributed by atoms with Gasteiger partial charge in [0.2, 0.25) is 0 Å². The normalized spacial score (nSPS) is 11.7. The summed E-state index contributed by atoms with van der Waals surface area (Å²) in [6.07, 6.45) is -4.37. The molecule has 0 aliphatic rings. The van der Waals surface area contributed by atoms with E-state index in [1.54, 1.807) is 44.2 Å². The van der Waals surface area contributed by atoms with E-state index in [1.807, 2.05) is 0 Å². The molecule has 2 aromatic rings. The van der Waals surface area contributed by atoms with Gasteiger partial charge in [-0.05, 0) is 29.3 Å². The fraction of sp³-hybridized carbons (Fsp3) is 0.235. The maximum absolute atomic E-state index is 12.7. The number of hydrogen-bond donors (Lipinski definition) is 0. The number of alkyl halides is 3. The Morgan fingerprint density at radius 1 is 0.952 bits per heavy atom. The molecule has 110 valence electrons. The second-order valence-electron chi connectivity index (χ2n) is 5.18. The first-order valence-corrected chi connectivity index (χ1v) is 6.61. The van der Waals surface area contributed by atoms with Crippen LogP contribution in [0.15, 0.2) is 48.5 Å². The van der Waals surface area contributed by atoms with Crippen molar-refractivity contribution in [3.05, 3.63) is 59.7 Å². The zero-order chi connectivity index (χ0) is 15.6. The summed E-state index contributed by atoms with van der Waals surface area (Å²) in [4.78, 5) is 12.0. The molecule has 0 saturated carbocycles. The van der Waals surface area contributed by atoms with E-state index in [1.165, 1.54) is 6.07 Å². The number of Topliss-reactive ketones (excluding diaryl/α,β-unsaturated/α-hetero) is 1. The summed E-state index contributed by atoms with van der Waals surface area (Å²) in [5.74, 6) is -0.175. The Bertz CT molecular complexity index is 657. The summed E-state index contributed by atoms with van der Waals surface area (Å²) < 4.78 is 38.2. The van der Waals surface area contributed by atoms with Crippen LogP contribution in [0.25, 0.3) is 11.1 Å². The van der Waals surface area contributed by atoms with Crippen molar-refractivity contribution in [1.29, 1.82) is 0 Å². The molecule has 0 fully saturated rings. The average molecular weight is 292 g/mol. The first-order valence-electron chi connectivity index (χ1n) is 6.61. The Kier molecular flexibility index (Phi) is 4.16. The van der Waals surface area contributed by atoms with Gasteiger partial charge in [0.15, 0.2) is 5.78 Å². The molecule has 0 bridgehead atoms. The van der Waals surface area contributed by atoms with Crippen LogP contribution in [0.5, 0.6) is 0 Å². The van der Waals surface area contributed by atoms with Gasteiger partial charge in [0.05, 0.1) is 5.56 Å². The minimum Gasteiger partial charge on any atom is -0.294 e. The van der Waals surface area contributed by atoms with Crippen LogP contribution >= 0.6 is 0 Å². The highest BCUT2D eigenvalue weighted by molar-refractivity contribution is 5.98. The lowest BCUT2D eigenvalue weighted by atomic mass is 9.96. The van der Waals surface area contributed by atoms with Crippen molar-refractivity contribution in [2.24, 2.45) is 5.92 Å². The van der Waals surface area contributed by atoms with E-state index in [9.17, 15) is 18.0 Å². The first-order chi connectivity index (χ1) is 9.79. The van der Waals surface area contributed by atoms with Crippen LogP contribution in [0.1, 0.15) is 29.8 Å². The van der Waals surface area contributed by atoms with E-state index < -0.39 is 11.7 Å². The molecule has 0 saturated heterocycles. The highest BCUT2D eigenvalue weighted by atomic mass is 19.4. The number of carbonyl (C=O) groups excluding carboxylic acids is 1. The van der Waals surface area contributed by atoms with Gasteiger partial charge in [0, 0.05) is 11.5 Å². The van der Waals surface area contributed by atoms with Gasteiger partial charge in [-0.1, -0.05) is 44.2 Å². The molecular formula is C17H15F3O. The summed E-state index contributed by atoms with van der Waals surface area (Å²) in [6.45, 7) is 3.58. The van der Waals surface area contributed by atoms with E-state index in [0.29, 0.717) is 16.7 Å². The lowest BCUT2D eigenvalue weighted by molar-refractivity contribution is -0.137. The molecule has 0 radical (unpaired) electrons. The highest BCUT2D eigenvalue weighted by Gasteiger charge is 2.30. The maximum Gasteiger partial charge on any atom is 0.416 e. The van der Waals surface area contributed by atoms with Gasteiger partial charge < -0.3 is 0 Å². The van der Waals surface area contributed by atoms with Crippen molar-refractivity contribution < 1.29 is 18.0 Å². The van der Waals surface area contributed by atoms with Crippen LogP contribution < -0.4 is 0 Å². The summed E-state index contributed by atoms with van der Waals surface area (Å²) in [5.41, 5.74) is 0.872. The van der Waals surface area contributed by atoms with Crippen LogP contribution in [-0.2, 0) is 6.18 Å². The molecule has 0 aliphatic carbocycles. The summed E-state index contributed by atoms with van der Waals surface area (Å²) in [6, 6.07) is 11.8. The van der Waals surface area contributed by atoms with Crippen molar-refractivity contribution in [2.45, 2.75) is 20.0 Å². The fourth-order valence-corrected chi connectivity index (χ4v) is 2.06. The third-order valence-corrected chi connectivity index (χ3v) is 3.19. The van der Waals surface area contributed by atoms with Crippen molar-refractivity contribution in [3.63, 3.8) is 0 Å². The Labute approximate surface area is 121 Å². The van der Waals surface area contributed by atoms with Gasteiger partial charge in [0.1, 0.15) is 0 Å². The minimum atomic E-state index is -4.37. The van der Waals surface area contributed by atoms with Crippen LogP contribution in [0.4, 0.5) is 13.2 Å². The topological polar surface area (TPSA) is 17.1 Å². The summed E-state index contributed by atoms with van der Waals surface area (Å²) in [5, 5.41) is 0. The quantitative estimate of drug-likeness (QED) is 0.710. The summed E-state index contributed by atoms with van der Waals surface area (Å²) >= 11 is 0. The van der Waals surface area contributed by atoms with Crippen LogP contribution in [0.3, 0.4) is 0 Å². The molecule has 0 unspecified atom stereocenters. The van der Waals surface area contributed by atoms with E-state index in [2.05, 4.69) is 0 Å². The zero-order valence-corrected chi connectivity index (χ0v) is 11.7. The molecular weight excluding hydrogens is 277 g/mol. The van der Waals surface area contributed by atoms with E-state index in [4.69, 9.17) is 0 Å². The molecule has 0 spiro atoms. The van der Waals surface area contributed by atoms with Gasteiger partial charge in [-0.25, -0.2) is 0 Å². The first kappa shape index (κ1) is 15.3. The van der Waals surface area contributed by atoms with Crippen molar-refractivity contribution in [2.75, 3.05) is 0 Å². The predicted molar refractivity (Wildman–Crippen MR) is 76.0 cm³/mol. The smallest absolute Gasteiger partial charge is 0.294 e. The lowest BCUT2D eigenvalue weighted by Gasteiger charge is -2.10. The zero-order valence-electron chi connectivity index (χ0n) is 11.7. The van der Waals surface area contributed by atoms with Gasteiger partial charge in [-0.15, -0.1) is 0 Å². The highest BCUT2D eigenvalue weighted by Crippen LogP contribution is 2.32. The van der Waals surface area contributed by atoms with Crippen molar-refractivity contribution in [1.82, 2.24) is 0 Å².